The number of hydrogen-bond acceptors (Lipinski definition) is 1. The molecule has 0 aliphatic rings. The van der Waals surface area contributed by atoms with Gasteiger partial charge in [-0.15, -0.1) is 0 Å². The Morgan fingerprint density at radius 3 is 1.65 bits per heavy atom. The SMILES string of the molecule is Cc1ccc(/C(=C(\C#N)c2ccccc2)c2ccccc2)cc1. The molecule has 3 aromatic rings. The van der Waals surface area contributed by atoms with Crippen LogP contribution in [0.4, 0.5) is 0 Å². The molecule has 0 aliphatic carbocycles. The summed E-state index contributed by atoms with van der Waals surface area (Å²) in [5.74, 6) is 0. The number of hydrogen-bond donors (Lipinski definition) is 0. The number of nitrogens with zero attached hydrogens (tertiary/aromatic N) is 1. The van der Waals surface area contributed by atoms with E-state index in [-0.39, 0.29) is 0 Å². The first kappa shape index (κ1) is 14.8. The van der Waals surface area contributed by atoms with Crippen LogP contribution in [-0.2, 0) is 0 Å². The van der Waals surface area contributed by atoms with Gasteiger partial charge in [-0.3, -0.25) is 0 Å². The second-order valence-corrected chi connectivity index (χ2v) is 5.46. The molecule has 1 nitrogen and oxygen atoms in total. The molecule has 0 aliphatic heterocycles. The van der Waals surface area contributed by atoms with E-state index in [9.17, 15) is 5.26 Å². The zero-order valence-corrected chi connectivity index (χ0v) is 13.0. The van der Waals surface area contributed by atoms with Crippen LogP contribution in [0.5, 0.6) is 0 Å². The number of allylic oxidation sites excluding steroid dienone is 1. The summed E-state index contributed by atoms with van der Waals surface area (Å²) in [6, 6.07) is 30.7. The molecular formula is C22H17N. The van der Waals surface area contributed by atoms with Crippen molar-refractivity contribution in [3.8, 4) is 6.07 Å². The second-order valence-electron chi connectivity index (χ2n) is 5.46. The Balaban J connectivity index is 2.29. The van der Waals surface area contributed by atoms with Crippen LogP contribution in [0.25, 0.3) is 11.1 Å². The van der Waals surface area contributed by atoms with Crippen LogP contribution in [0.1, 0.15) is 22.3 Å². The first-order valence-corrected chi connectivity index (χ1v) is 7.62. The van der Waals surface area contributed by atoms with Crippen LogP contribution in [0, 0.1) is 18.3 Å². The van der Waals surface area contributed by atoms with Gasteiger partial charge >= 0.3 is 0 Å². The molecule has 0 aromatic heterocycles. The average molecular weight is 295 g/mol. The van der Waals surface area contributed by atoms with Crippen molar-refractivity contribution >= 4 is 11.1 Å². The molecule has 0 radical (unpaired) electrons. The molecule has 0 saturated heterocycles. The molecule has 0 N–H and O–H groups in total. The van der Waals surface area contributed by atoms with Crippen LogP contribution in [0.3, 0.4) is 0 Å². The average Bonchev–Trinajstić information content (AvgIpc) is 2.62. The number of aryl methyl sites for hydroxylation is 1. The molecule has 0 amide bonds. The Morgan fingerprint density at radius 2 is 1.13 bits per heavy atom. The third-order valence-electron chi connectivity index (χ3n) is 3.83. The Hall–Kier alpha value is -3.11. The largest absolute Gasteiger partial charge is 0.192 e. The van der Waals surface area contributed by atoms with Gasteiger partial charge in [0, 0.05) is 5.57 Å². The van der Waals surface area contributed by atoms with E-state index in [0.717, 1.165) is 22.3 Å². The van der Waals surface area contributed by atoms with Gasteiger partial charge in [-0.05, 0) is 23.6 Å². The van der Waals surface area contributed by atoms with Crippen molar-refractivity contribution in [3.63, 3.8) is 0 Å². The van der Waals surface area contributed by atoms with Gasteiger partial charge in [0.2, 0.25) is 0 Å². The van der Waals surface area contributed by atoms with Crippen molar-refractivity contribution < 1.29 is 0 Å². The summed E-state index contributed by atoms with van der Waals surface area (Å²) in [6.45, 7) is 2.07. The van der Waals surface area contributed by atoms with Gasteiger partial charge in [0.15, 0.2) is 0 Å². The molecule has 1 heteroatoms. The minimum Gasteiger partial charge on any atom is -0.192 e. The molecular weight excluding hydrogens is 278 g/mol. The van der Waals surface area contributed by atoms with E-state index in [1.165, 1.54) is 5.56 Å². The highest BCUT2D eigenvalue weighted by Gasteiger charge is 2.13. The molecule has 23 heavy (non-hydrogen) atoms. The van der Waals surface area contributed by atoms with E-state index in [4.69, 9.17) is 0 Å². The summed E-state index contributed by atoms with van der Waals surface area (Å²) < 4.78 is 0. The summed E-state index contributed by atoms with van der Waals surface area (Å²) in [4.78, 5) is 0. The molecule has 0 heterocycles. The van der Waals surface area contributed by atoms with Crippen molar-refractivity contribution in [2.75, 3.05) is 0 Å². The van der Waals surface area contributed by atoms with E-state index in [2.05, 4.69) is 49.4 Å². The van der Waals surface area contributed by atoms with Crippen LogP contribution >= 0.6 is 0 Å². The lowest BCUT2D eigenvalue weighted by atomic mass is 9.90. The topological polar surface area (TPSA) is 23.8 Å². The molecule has 3 aromatic carbocycles. The summed E-state index contributed by atoms with van der Waals surface area (Å²) in [5, 5.41) is 9.82. The Morgan fingerprint density at radius 1 is 0.652 bits per heavy atom. The van der Waals surface area contributed by atoms with E-state index >= 15 is 0 Å². The van der Waals surface area contributed by atoms with Crippen molar-refractivity contribution in [2.45, 2.75) is 6.92 Å². The summed E-state index contributed by atoms with van der Waals surface area (Å²) in [5.41, 5.74) is 5.92. The van der Waals surface area contributed by atoms with Gasteiger partial charge in [-0.25, -0.2) is 0 Å². The predicted molar refractivity (Wildman–Crippen MR) is 95.6 cm³/mol. The van der Waals surface area contributed by atoms with Crippen molar-refractivity contribution in [3.05, 3.63) is 107 Å². The monoisotopic (exact) mass is 295 g/mol. The van der Waals surface area contributed by atoms with Crippen molar-refractivity contribution in [2.24, 2.45) is 0 Å². The molecule has 3 rings (SSSR count). The number of nitriles is 1. The number of rotatable bonds is 3. The van der Waals surface area contributed by atoms with Crippen LogP contribution < -0.4 is 0 Å². The maximum Gasteiger partial charge on any atom is 0.100 e. The van der Waals surface area contributed by atoms with E-state index in [1.54, 1.807) is 0 Å². The van der Waals surface area contributed by atoms with Gasteiger partial charge < -0.3 is 0 Å². The zero-order chi connectivity index (χ0) is 16.1. The van der Waals surface area contributed by atoms with Crippen LogP contribution in [0.15, 0.2) is 84.9 Å². The summed E-state index contributed by atoms with van der Waals surface area (Å²) in [7, 11) is 0. The standard InChI is InChI=1S/C22H17N/c1-17-12-14-20(15-13-17)22(19-10-6-3-7-11-19)21(16-23)18-8-4-2-5-9-18/h2-15H,1H3/b22-21+. The smallest absolute Gasteiger partial charge is 0.100 e. The first-order valence-electron chi connectivity index (χ1n) is 7.62. The second kappa shape index (κ2) is 6.77. The maximum absolute atomic E-state index is 9.82. The maximum atomic E-state index is 9.82. The summed E-state index contributed by atoms with van der Waals surface area (Å²) in [6.07, 6.45) is 0. The normalized spacial score (nSPS) is 11.5. The zero-order valence-electron chi connectivity index (χ0n) is 13.0. The molecule has 0 bridgehead atoms. The highest BCUT2D eigenvalue weighted by Crippen LogP contribution is 2.32. The highest BCUT2D eigenvalue weighted by molar-refractivity contribution is 6.03. The molecule has 110 valence electrons. The Labute approximate surface area is 137 Å². The fraction of sp³-hybridized carbons (Fsp3) is 0.0455. The van der Waals surface area contributed by atoms with E-state index < -0.39 is 0 Å². The third-order valence-corrected chi connectivity index (χ3v) is 3.83. The van der Waals surface area contributed by atoms with Crippen LogP contribution in [0.2, 0.25) is 0 Å². The Kier molecular flexibility index (Phi) is 4.36. The lowest BCUT2D eigenvalue weighted by Gasteiger charge is -2.12. The van der Waals surface area contributed by atoms with E-state index in [1.807, 2.05) is 48.5 Å². The summed E-state index contributed by atoms with van der Waals surface area (Å²) >= 11 is 0. The van der Waals surface area contributed by atoms with Gasteiger partial charge in [0.25, 0.3) is 0 Å². The molecule has 0 fully saturated rings. The van der Waals surface area contributed by atoms with Crippen LogP contribution in [-0.4, -0.2) is 0 Å². The highest BCUT2D eigenvalue weighted by atomic mass is 14.3. The Bertz CT molecular complexity index is 851. The molecule has 0 atom stereocenters. The van der Waals surface area contributed by atoms with Gasteiger partial charge in [-0.2, -0.15) is 5.26 Å². The fourth-order valence-electron chi connectivity index (χ4n) is 2.65. The predicted octanol–water partition coefficient (Wildman–Crippen LogP) is 5.48. The molecule has 0 saturated carbocycles. The van der Waals surface area contributed by atoms with Gasteiger partial charge in [0.05, 0.1) is 5.57 Å². The minimum absolute atomic E-state index is 0.695. The van der Waals surface area contributed by atoms with E-state index in [0.29, 0.717) is 5.57 Å². The molecule has 0 spiro atoms. The van der Waals surface area contributed by atoms with Crippen molar-refractivity contribution in [1.29, 1.82) is 5.26 Å². The third kappa shape index (κ3) is 3.22. The molecule has 0 unspecified atom stereocenters. The van der Waals surface area contributed by atoms with Gasteiger partial charge in [0.1, 0.15) is 6.07 Å². The van der Waals surface area contributed by atoms with Gasteiger partial charge in [-0.1, -0.05) is 90.5 Å². The first-order chi connectivity index (χ1) is 11.3. The number of benzene rings is 3. The fourth-order valence-corrected chi connectivity index (χ4v) is 2.65. The lowest BCUT2D eigenvalue weighted by Crippen LogP contribution is -1.94. The lowest BCUT2D eigenvalue weighted by molar-refractivity contribution is 1.44. The minimum atomic E-state index is 0.695. The van der Waals surface area contributed by atoms with Crippen molar-refractivity contribution in [1.82, 2.24) is 0 Å². The quantitative estimate of drug-likeness (QED) is 0.464.